The lowest BCUT2D eigenvalue weighted by atomic mass is 10.1. The van der Waals surface area contributed by atoms with E-state index in [1.165, 1.54) is 4.90 Å². The van der Waals surface area contributed by atoms with E-state index in [2.05, 4.69) is 12.2 Å². The Labute approximate surface area is 124 Å². The number of piperidine rings is 1. The molecular formula is C16H22N2O3. The molecule has 2 atom stereocenters. The van der Waals surface area contributed by atoms with Crippen molar-refractivity contribution in [3.05, 3.63) is 23.7 Å². The molecule has 21 heavy (non-hydrogen) atoms. The molecule has 1 saturated carbocycles. The van der Waals surface area contributed by atoms with E-state index >= 15 is 0 Å². The number of rotatable bonds is 6. The smallest absolute Gasteiger partial charge is 0.234 e. The summed E-state index contributed by atoms with van der Waals surface area (Å²) in [5.74, 6) is 1.18. The second-order valence-electron chi connectivity index (χ2n) is 6.58. The molecule has 0 aromatic carbocycles. The quantitative estimate of drug-likeness (QED) is 0.642. The van der Waals surface area contributed by atoms with E-state index in [9.17, 15) is 9.59 Å². The first-order valence-corrected chi connectivity index (χ1v) is 7.60. The SMILES string of the molecule is CCCNCc1ccc(CN2C(=O)C3C(C2=O)C3(C)C)o1. The molecule has 0 radical (unpaired) electrons. The second-order valence-corrected chi connectivity index (χ2v) is 6.58. The van der Waals surface area contributed by atoms with Crippen LogP contribution in [0.3, 0.4) is 0 Å². The lowest BCUT2D eigenvalue weighted by Crippen LogP contribution is -2.35. The van der Waals surface area contributed by atoms with E-state index in [-0.39, 0.29) is 35.6 Å². The lowest BCUT2D eigenvalue weighted by Gasteiger charge is -2.19. The molecule has 1 aliphatic carbocycles. The van der Waals surface area contributed by atoms with Gasteiger partial charge in [-0.2, -0.15) is 0 Å². The van der Waals surface area contributed by atoms with Crippen molar-refractivity contribution in [1.29, 1.82) is 0 Å². The Bertz CT molecular complexity index is 552. The summed E-state index contributed by atoms with van der Waals surface area (Å²) in [6, 6.07) is 3.74. The maximum atomic E-state index is 12.2. The third kappa shape index (κ3) is 2.29. The van der Waals surface area contributed by atoms with Gasteiger partial charge in [0.1, 0.15) is 11.5 Å². The molecular weight excluding hydrogens is 268 g/mol. The molecule has 114 valence electrons. The van der Waals surface area contributed by atoms with Crippen LogP contribution in [0, 0.1) is 17.3 Å². The highest BCUT2D eigenvalue weighted by atomic mass is 16.3. The largest absolute Gasteiger partial charge is 0.463 e. The third-order valence-electron chi connectivity index (χ3n) is 4.65. The van der Waals surface area contributed by atoms with Gasteiger partial charge in [-0.15, -0.1) is 0 Å². The van der Waals surface area contributed by atoms with Crippen molar-refractivity contribution < 1.29 is 14.0 Å². The number of hydrogen-bond acceptors (Lipinski definition) is 4. The fraction of sp³-hybridized carbons (Fsp3) is 0.625. The van der Waals surface area contributed by atoms with Crippen molar-refractivity contribution >= 4 is 11.8 Å². The van der Waals surface area contributed by atoms with Crippen LogP contribution in [-0.2, 0) is 22.7 Å². The first-order chi connectivity index (χ1) is 9.96. The number of nitrogens with one attached hydrogen (secondary N) is 1. The molecule has 1 aliphatic heterocycles. The molecule has 2 aliphatic rings. The van der Waals surface area contributed by atoms with Crippen molar-refractivity contribution in [2.45, 2.75) is 40.3 Å². The highest BCUT2D eigenvalue weighted by molar-refractivity contribution is 6.10. The summed E-state index contributed by atoms with van der Waals surface area (Å²) in [4.78, 5) is 25.8. The van der Waals surface area contributed by atoms with Gasteiger partial charge in [-0.1, -0.05) is 20.8 Å². The van der Waals surface area contributed by atoms with Crippen LogP contribution in [0.25, 0.3) is 0 Å². The van der Waals surface area contributed by atoms with Crippen molar-refractivity contribution in [2.75, 3.05) is 6.54 Å². The minimum Gasteiger partial charge on any atom is -0.463 e. The van der Waals surface area contributed by atoms with E-state index < -0.39 is 0 Å². The summed E-state index contributed by atoms with van der Waals surface area (Å²) in [5, 5.41) is 3.26. The fourth-order valence-electron chi connectivity index (χ4n) is 3.31. The molecule has 3 rings (SSSR count). The summed E-state index contributed by atoms with van der Waals surface area (Å²) < 4.78 is 5.68. The van der Waals surface area contributed by atoms with Crippen LogP contribution in [-0.4, -0.2) is 23.3 Å². The van der Waals surface area contributed by atoms with Crippen LogP contribution in [0.2, 0.25) is 0 Å². The standard InChI is InChI=1S/C16H22N2O3/c1-4-7-17-8-10-5-6-11(21-10)9-18-14(19)12-13(15(18)20)16(12,2)3/h5-6,12-13,17H,4,7-9H2,1-3H3. The molecule has 1 saturated heterocycles. The van der Waals surface area contributed by atoms with Crippen molar-refractivity contribution in [1.82, 2.24) is 10.2 Å². The Hall–Kier alpha value is -1.62. The van der Waals surface area contributed by atoms with Gasteiger partial charge in [0.2, 0.25) is 11.8 Å². The van der Waals surface area contributed by atoms with Gasteiger partial charge >= 0.3 is 0 Å². The van der Waals surface area contributed by atoms with Gasteiger partial charge in [0.05, 0.1) is 24.9 Å². The predicted molar refractivity (Wildman–Crippen MR) is 77.0 cm³/mol. The Morgan fingerprint density at radius 3 is 2.43 bits per heavy atom. The average molecular weight is 290 g/mol. The maximum Gasteiger partial charge on any atom is 0.234 e. The van der Waals surface area contributed by atoms with Crippen molar-refractivity contribution in [3.63, 3.8) is 0 Å². The van der Waals surface area contributed by atoms with E-state index in [1.807, 2.05) is 26.0 Å². The topological polar surface area (TPSA) is 62.6 Å². The highest BCUT2D eigenvalue weighted by Crippen LogP contribution is 2.63. The average Bonchev–Trinajstić information content (AvgIpc) is 2.74. The predicted octanol–water partition coefficient (Wildman–Crippen LogP) is 1.92. The van der Waals surface area contributed by atoms with Gasteiger partial charge in [0.15, 0.2) is 0 Å². The van der Waals surface area contributed by atoms with Crippen LogP contribution in [0.5, 0.6) is 0 Å². The lowest BCUT2D eigenvalue weighted by molar-refractivity contribution is -0.144. The Morgan fingerprint density at radius 1 is 1.19 bits per heavy atom. The van der Waals surface area contributed by atoms with Gasteiger partial charge in [-0.25, -0.2) is 0 Å². The van der Waals surface area contributed by atoms with Crippen LogP contribution in [0.15, 0.2) is 16.5 Å². The van der Waals surface area contributed by atoms with E-state index in [4.69, 9.17) is 4.42 Å². The molecule has 2 heterocycles. The first-order valence-electron chi connectivity index (χ1n) is 7.60. The Balaban J connectivity index is 1.61. The number of fused-ring (bicyclic) bond motifs is 1. The molecule has 2 fully saturated rings. The maximum absolute atomic E-state index is 12.2. The molecule has 1 N–H and O–H groups in total. The van der Waals surface area contributed by atoms with Crippen LogP contribution in [0.1, 0.15) is 38.7 Å². The monoisotopic (exact) mass is 290 g/mol. The number of likely N-dealkylation sites (tertiary alicyclic amines) is 1. The normalized spacial score (nSPS) is 26.3. The van der Waals surface area contributed by atoms with Gasteiger partial charge in [-0.05, 0) is 30.5 Å². The van der Waals surface area contributed by atoms with E-state index in [0.717, 1.165) is 18.7 Å². The van der Waals surface area contributed by atoms with Crippen LogP contribution in [0.4, 0.5) is 0 Å². The number of nitrogens with zero attached hydrogens (tertiary/aromatic N) is 1. The summed E-state index contributed by atoms with van der Waals surface area (Å²) in [5.41, 5.74) is -0.150. The molecule has 1 aromatic rings. The minimum absolute atomic E-state index is 0.0444. The number of imide groups is 1. The van der Waals surface area contributed by atoms with E-state index in [1.54, 1.807) is 0 Å². The molecule has 0 bridgehead atoms. The van der Waals surface area contributed by atoms with E-state index in [0.29, 0.717) is 12.3 Å². The molecule has 2 unspecified atom stereocenters. The first kappa shape index (κ1) is 14.3. The number of carbonyl (C=O) groups is 2. The summed E-state index contributed by atoms with van der Waals surface area (Å²) in [6.45, 7) is 7.96. The molecule has 5 nitrogen and oxygen atoms in total. The third-order valence-corrected chi connectivity index (χ3v) is 4.65. The fourth-order valence-corrected chi connectivity index (χ4v) is 3.31. The Kier molecular flexibility index (Phi) is 3.40. The number of amides is 2. The zero-order valence-electron chi connectivity index (χ0n) is 12.8. The van der Waals surface area contributed by atoms with Crippen LogP contribution < -0.4 is 5.32 Å². The molecule has 5 heteroatoms. The molecule has 1 aromatic heterocycles. The Morgan fingerprint density at radius 2 is 1.81 bits per heavy atom. The zero-order valence-corrected chi connectivity index (χ0v) is 12.8. The van der Waals surface area contributed by atoms with Gasteiger partial charge in [0, 0.05) is 0 Å². The van der Waals surface area contributed by atoms with Gasteiger partial charge in [0.25, 0.3) is 0 Å². The summed E-state index contributed by atoms with van der Waals surface area (Å²) in [6.07, 6.45) is 1.07. The van der Waals surface area contributed by atoms with Crippen LogP contribution >= 0.6 is 0 Å². The minimum atomic E-state index is -0.150. The van der Waals surface area contributed by atoms with Crippen molar-refractivity contribution in [3.8, 4) is 0 Å². The summed E-state index contributed by atoms with van der Waals surface area (Å²) >= 11 is 0. The zero-order chi connectivity index (χ0) is 15.2. The second kappa shape index (κ2) is 4.98. The number of hydrogen-bond donors (Lipinski definition) is 1. The number of furan rings is 1. The molecule has 2 amide bonds. The highest BCUT2D eigenvalue weighted by Gasteiger charge is 2.72. The van der Waals surface area contributed by atoms with Gasteiger partial charge in [-0.3, -0.25) is 14.5 Å². The van der Waals surface area contributed by atoms with Crippen molar-refractivity contribution in [2.24, 2.45) is 17.3 Å². The summed E-state index contributed by atoms with van der Waals surface area (Å²) in [7, 11) is 0. The van der Waals surface area contributed by atoms with Gasteiger partial charge < -0.3 is 9.73 Å². The number of carbonyl (C=O) groups excluding carboxylic acids is 2. The molecule has 0 spiro atoms.